The Balaban J connectivity index is 1.87. The van der Waals surface area contributed by atoms with Crippen LogP contribution in [0.1, 0.15) is 22.9 Å². The van der Waals surface area contributed by atoms with Crippen molar-refractivity contribution in [1.29, 1.82) is 0 Å². The molecule has 1 unspecified atom stereocenters. The zero-order chi connectivity index (χ0) is 22.8. The Morgan fingerprint density at radius 2 is 1.78 bits per heavy atom. The van der Waals surface area contributed by atoms with Crippen molar-refractivity contribution < 1.29 is 28.6 Å². The Bertz CT molecular complexity index is 1180. The van der Waals surface area contributed by atoms with Crippen LogP contribution in [0.5, 0.6) is 11.5 Å². The molecule has 7 nitrogen and oxygen atoms in total. The van der Waals surface area contributed by atoms with Crippen LogP contribution in [0.25, 0.3) is 5.76 Å². The molecule has 3 aromatic rings. The molecule has 32 heavy (non-hydrogen) atoms. The van der Waals surface area contributed by atoms with Crippen molar-refractivity contribution in [3.8, 4) is 11.5 Å². The number of ketones is 1. The first-order valence-corrected chi connectivity index (χ1v) is 10.5. The van der Waals surface area contributed by atoms with Gasteiger partial charge in [-0.15, -0.1) is 0 Å². The predicted molar refractivity (Wildman–Crippen MR) is 120 cm³/mol. The van der Waals surface area contributed by atoms with Crippen LogP contribution in [-0.4, -0.2) is 35.9 Å². The van der Waals surface area contributed by atoms with Crippen molar-refractivity contribution in [3.05, 3.63) is 87.8 Å². The molecule has 2 heterocycles. The average Bonchev–Trinajstić information content (AvgIpc) is 3.41. The van der Waals surface area contributed by atoms with Crippen molar-refractivity contribution >= 4 is 33.4 Å². The third kappa shape index (κ3) is 3.89. The number of halogens is 1. The molecule has 2 aromatic carbocycles. The number of aliphatic hydroxyl groups is 1. The fourth-order valence-electron chi connectivity index (χ4n) is 3.74. The molecule has 1 atom stereocenters. The molecule has 1 fully saturated rings. The number of furan rings is 1. The average molecular weight is 498 g/mol. The van der Waals surface area contributed by atoms with Gasteiger partial charge in [0.05, 0.1) is 38.6 Å². The van der Waals surface area contributed by atoms with Gasteiger partial charge in [0, 0.05) is 10.0 Å². The molecular formula is C24H20BrNO6. The van der Waals surface area contributed by atoms with Crippen molar-refractivity contribution in [2.75, 3.05) is 14.2 Å². The minimum Gasteiger partial charge on any atom is -0.507 e. The molecule has 4 rings (SSSR count). The summed E-state index contributed by atoms with van der Waals surface area (Å²) in [6.07, 6.45) is 1.50. The SMILES string of the molecule is COc1ccc(/C(O)=C2/C(=O)C(=O)N(Cc3ccco3)C2c2ccc(Br)cc2)cc1OC. The molecule has 1 amide bonds. The zero-order valence-electron chi connectivity index (χ0n) is 17.4. The minimum atomic E-state index is -0.790. The highest BCUT2D eigenvalue weighted by molar-refractivity contribution is 9.10. The fourth-order valence-corrected chi connectivity index (χ4v) is 4.01. The van der Waals surface area contributed by atoms with E-state index < -0.39 is 17.7 Å². The van der Waals surface area contributed by atoms with Crippen LogP contribution in [0, 0.1) is 0 Å². The van der Waals surface area contributed by atoms with Crippen LogP contribution in [0.3, 0.4) is 0 Å². The second kappa shape index (κ2) is 8.92. The van der Waals surface area contributed by atoms with Crippen LogP contribution in [0.15, 0.2) is 75.3 Å². The highest BCUT2D eigenvalue weighted by atomic mass is 79.9. The van der Waals surface area contributed by atoms with Gasteiger partial charge in [0.15, 0.2) is 11.5 Å². The maximum atomic E-state index is 13.1. The molecule has 0 aliphatic carbocycles. The van der Waals surface area contributed by atoms with E-state index in [0.717, 1.165) is 4.47 Å². The molecule has 1 saturated heterocycles. The van der Waals surface area contributed by atoms with Crippen LogP contribution >= 0.6 is 15.9 Å². The van der Waals surface area contributed by atoms with E-state index in [0.29, 0.717) is 28.4 Å². The van der Waals surface area contributed by atoms with E-state index in [2.05, 4.69) is 15.9 Å². The fraction of sp³-hybridized carbons (Fsp3) is 0.167. The minimum absolute atomic E-state index is 0.00361. The van der Waals surface area contributed by atoms with E-state index in [-0.39, 0.29) is 17.9 Å². The van der Waals surface area contributed by atoms with Gasteiger partial charge >= 0.3 is 0 Å². The van der Waals surface area contributed by atoms with Crippen molar-refractivity contribution in [3.63, 3.8) is 0 Å². The molecule has 164 valence electrons. The van der Waals surface area contributed by atoms with Gasteiger partial charge in [-0.25, -0.2) is 0 Å². The molecule has 1 N–H and O–H groups in total. The number of aliphatic hydroxyl groups excluding tert-OH is 1. The highest BCUT2D eigenvalue weighted by Gasteiger charge is 2.46. The largest absolute Gasteiger partial charge is 0.507 e. The summed E-state index contributed by atoms with van der Waals surface area (Å²) >= 11 is 3.40. The van der Waals surface area contributed by atoms with E-state index in [1.807, 2.05) is 12.1 Å². The van der Waals surface area contributed by atoms with Gasteiger partial charge in [0.2, 0.25) is 0 Å². The third-order valence-electron chi connectivity index (χ3n) is 5.29. The number of hydrogen-bond donors (Lipinski definition) is 1. The van der Waals surface area contributed by atoms with Gasteiger partial charge in [-0.05, 0) is 48.0 Å². The van der Waals surface area contributed by atoms with Gasteiger partial charge < -0.3 is 23.9 Å². The van der Waals surface area contributed by atoms with Gasteiger partial charge in [0.1, 0.15) is 11.5 Å². The van der Waals surface area contributed by atoms with Gasteiger partial charge in [-0.1, -0.05) is 28.1 Å². The lowest BCUT2D eigenvalue weighted by Crippen LogP contribution is -2.29. The predicted octanol–water partition coefficient (Wildman–Crippen LogP) is 4.68. The maximum absolute atomic E-state index is 13.1. The molecule has 0 saturated carbocycles. The summed E-state index contributed by atoms with van der Waals surface area (Å²) in [4.78, 5) is 27.5. The lowest BCUT2D eigenvalue weighted by Gasteiger charge is -2.24. The lowest BCUT2D eigenvalue weighted by molar-refractivity contribution is -0.140. The van der Waals surface area contributed by atoms with Gasteiger partial charge in [-0.3, -0.25) is 9.59 Å². The number of hydrogen-bond acceptors (Lipinski definition) is 6. The quantitative estimate of drug-likeness (QED) is 0.302. The molecule has 0 spiro atoms. The Hall–Kier alpha value is -3.52. The van der Waals surface area contributed by atoms with E-state index >= 15 is 0 Å². The second-order valence-electron chi connectivity index (χ2n) is 7.13. The van der Waals surface area contributed by atoms with Crippen LogP contribution in [-0.2, 0) is 16.1 Å². The molecule has 1 aliphatic rings. The summed E-state index contributed by atoms with van der Waals surface area (Å²) in [6, 6.07) is 14.7. The number of likely N-dealkylation sites (tertiary alicyclic amines) is 1. The Morgan fingerprint density at radius 3 is 2.41 bits per heavy atom. The summed E-state index contributed by atoms with van der Waals surface area (Å²) in [5, 5.41) is 11.2. The Kier molecular flexibility index (Phi) is 6.05. The van der Waals surface area contributed by atoms with Crippen molar-refractivity contribution in [2.45, 2.75) is 12.6 Å². The monoisotopic (exact) mass is 497 g/mol. The summed E-state index contributed by atoms with van der Waals surface area (Å²) in [5.74, 6) is -0.374. The number of ether oxygens (including phenoxy) is 2. The number of methoxy groups -OCH3 is 2. The number of nitrogens with zero attached hydrogens (tertiary/aromatic N) is 1. The first kappa shape index (κ1) is 21.7. The van der Waals surface area contributed by atoms with E-state index in [9.17, 15) is 14.7 Å². The second-order valence-corrected chi connectivity index (χ2v) is 8.04. The number of rotatable bonds is 6. The summed E-state index contributed by atoms with van der Waals surface area (Å²) in [7, 11) is 2.98. The maximum Gasteiger partial charge on any atom is 0.296 e. The van der Waals surface area contributed by atoms with Gasteiger partial charge in [0.25, 0.3) is 11.7 Å². The van der Waals surface area contributed by atoms with Gasteiger partial charge in [-0.2, -0.15) is 0 Å². The lowest BCUT2D eigenvalue weighted by atomic mass is 9.95. The van der Waals surface area contributed by atoms with Crippen LogP contribution < -0.4 is 9.47 Å². The van der Waals surface area contributed by atoms with Crippen molar-refractivity contribution in [1.82, 2.24) is 4.90 Å². The number of benzene rings is 2. The normalized spacial score (nSPS) is 17.6. The smallest absolute Gasteiger partial charge is 0.296 e. The molecule has 1 aromatic heterocycles. The number of amides is 1. The molecule has 8 heteroatoms. The third-order valence-corrected chi connectivity index (χ3v) is 5.82. The first-order valence-electron chi connectivity index (χ1n) is 9.73. The summed E-state index contributed by atoms with van der Waals surface area (Å²) in [6.45, 7) is 0.0843. The number of carbonyl (C=O) groups is 2. The molecule has 1 aliphatic heterocycles. The van der Waals surface area contributed by atoms with Crippen molar-refractivity contribution in [2.24, 2.45) is 0 Å². The highest BCUT2D eigenvalue weighted by Crippen LogP contribution is 2.41. The zero-order valence-corrected chi connectivity index (χ0v) is 19.0. The Morgan fingerprint density at radius 1 is 1.06 bits per heavy atom. The van der Waals surface area contributed by atoms with Crippen LogP contribution in [0.4, 0.5) is 0 Å². The molecule has 0 radical (unpaired) electrons. The first-order chi connectivity index (χ1) is 15.4. The number of Topliss-reactive ketones (excluding diaryl/α,β-unsaturated/α-hetero) is 1. The summed E-state index contributed by atoms with van der Waals surface area (Å²) < 4.78 is 16.8. The van der Waals surface area contributed by atoms with Crippen LogP contribution in [0.2, 0.25) is 0 Å². The number of carbonyl (C=O) groups excluding carboxylic acids is 2. The topological polar surface area (TPSA) is 89.2 Å². The molecule has 0 bridgehead atoms. The Labute approximate surface area is 193 Å². The standard InChI is InChI=1S/C24H20BrNO6/c1-30-18-10-7-15(12-19(18)31-2)22(27)20-21(14-5-8-16(25)9-6-14)26(24(29)23(20)28)13-17-4-3-11-32-17/h3-12,21,27H,13H2,1-2H3/b22-20-. The van der Waals surface area contributed by atoms with E-state index in [1.165, 1.54) is 25.4 Å². The molecular weight excluding hydrogens is 478 g/mol. The van der Waals surface area contributed by atoms with E-state index in [4.69, 9.17) is 13.9 Å². The summed E-state index contributed by atoms with van der Waals surface area (Å²) in [5.41, 5.74) is 1.01. The van der Waals surface area contributed by atoms with E-state index in [1.54, 1.807) is 42.5 Å².